The van der Waals surface area contributed by atoms with Gasteiger partial charge in [-0.15, -0.1) is 11.3 Å². The second-order valence-electron chi connectivity index (χ2n) is 6.22. The van der Waals surface area contributed by atoms with E-state index < -0.39 is 0 Å². The third kappa shape index (κ3) is 3.06. The molecule has 3 aromatic heterocycles. The Labute approximate surface area is 154 Å². The number of nitrogens with one attached hydrogen (secondary N) is 1. The van der Waals surface area contributed by atoms with Crippen LogP contribution in [-0.2, 0) is 17.6 Å². The van der Waals surface area contributed by atoms with E-state index in [1.807, 2.05) is 48.0 Å². The predicted molar refractivity (Wildman–Crippen MR) is 102 cm³/mol. The zero-order valence-electron chi connectivity index (χ0n) is 14.7. The summed E-state index contributed by atoms with van der Waals surface area (Å²) in [5.41, 5.74) is 4.50. The Kier molecular flexibility index (Phi) is 4.38. The Bertz CT molecular complexity index is 1080. The first-order valence-corrected chi connectivity index (χ1v) is 9.40. The van der Waals surface area contributed by atoms with Crippen molar-refractivity contribution >= 4 is 33.8 Å². The van der Waals surface area contributed by atoms with Crippen LogP contribution in [0.5, 0.6) is 0 Å². The summed E-state index contributed by atoms with van der Waals surface area (Å²) in [6.45, 7) is 4.53. The standard InChI is InChI=1S/C19H19N5OS/c1-12-15(11-17(25)20-8-7-18-21-9-10-26-18)13(2)24-19(22-12)14-5-3-4-6-16(14)23-24/h3-6,9-10H,7-8,11H2,1-2H3,(H,20,25). The first-order chi connectivity index (χ1) is 12.6. The van der Waals surface area contributed by atoms with Crippen LogP contribution < -0.4 is 5.32 Å². The van der Waals surface area contributed by atoms with Crippen molar-refractivity contribution in [1.82, 2.24) is 24.9 Å². The van der Waals surface area contributed by atoms with Gasteiger partial charge in [0.05, 0.1) is 16.9 Å². The highest BCUT2D eigenvalue weighted by Crippen LogP contribution is 2.22. The Morgan fingerprint density at radius 2 is 2.12 bits per heavy atom. The number of aromatic nitrogens is 4. The molecular weight excluding hydrogens is 346 g/mol. The maximum atomic E-state index is 12.4. The molecule has 1 N–H and O–H groups in total. The molecule has 1 amide bonds. The van der Waals surface area contributed by atoms with Crippen LogP contribution in [-0.4, -0.2) is 32.0 Å². The lowest BCUT2D eigenvalue weighted by molar-refractivity contribution is -0.120. The molecule has 0 unspecified atom stereocenters. The van der Waals surface area contributed by atoms with Crippen molar-refractivity contribution in [3.05, 3.63) is 57.8 Å². The second-order valence-corrected chi connectivity index (χ2v) is 7.20. The highest BCUT2D eigenvalue weighted by Gasteiger charge is 2.16. The number of aryl methyl sites for hydroxylation is 2. The highest BCUT2D eigenvalue weighted by molar-refractivity contribution is 7.09. The Hall–Kier alpha value is -2.80. The minimum absolute atomic E-state index is 0.00869. The van der Waals surface area contributed by atoms with Gasteiger partial charge in [-0.25, -0.2) is 14.5 Å². The summed E-state index contributed by atoms with van der Waals surface area (Å²) < 4.78 is 1.84. The fourth-order valence-electron chi connectivity index (χ4n) is 3.14. The quantitative estimate of drug-likeness (QED) is 0.590. The van der Waals surface area contributed by atoms with E-state index in [2.05, 4.69) is 15.4 Å². The smallest absolute Gasteiger partial charge is 0.224 e. The molecule has 26 heavy (non-hydrogen) atoms. The molecule has 132 valence electrons. The summed E-state index contributed by atoms with van der Waals surface area (Å²) in [4.78, 5) is 21.3. The lowest BCUT2D eigenvalue weighted by atomic mass is 10.1. The molecule has 0 spiro atoms. The number of carbonyl (C=O) groups excluding carboxylic acids is 1. The molecule has 0 aliphatic heterocycles. The van der Waals surface area contributed by atoms with Crippen LogP contribution in [0.4, 0.5) is 0 Å². The minimum atomic E-state index is -0.00869. The number of hydrogen-bond acceptors (Lipinski definition) is 5. The Balaban J connectivity index is 1.56. The van der Waals surface area contributed by atoms with E-state index in [1.54, 1.807) is 17.5 Å². The van der Waals surface area contributed by atoms with Gasteiger partial charge in [0.15, 0.2) is 5.65 Å². The van der Waals surface area contributed by atoms with Crippen LogP contribution in [0.15, 0.2) is 35.8 Å². The number of hydrogen-bond donors (Lipinski definition) is 1. The monoisotopic (exact) mass is 365 g/mol. The molecule has 4 rings (SSSR count). The van der Waals surface area contributed by atoms with Gasteiger partial charge in [0.25, 0.3) is 0 Å². The molecule has 1 aromatic carbocycles. The van der Waals surface area contributed by atoms with E-state index in [-0.39, 0.29) is 5.91 Å². The van der Waals surface area contributed by atoms with E-state index in [0.717, 1.165) is 44.9 Å². The summed E-state index contributed by atoms with van der Waals surface area (Å²) >= 11 is 1.60. The van der Waals surface area contributed by atoms with Gasteiger partial charge in [-0.05, 0) is 26.0 Å². The van der Waals surface area contributed by atoms with Crippen LogP contribution in [0.2, 0.25) is 0 Å². The maximum Gasteiger partial charge on any atom is 0.224 e. The van der Waals surface area contributed by atoms with Gasteiger partial charge >= 0.3 is 0 Å². The largest absolute Gasteiger partial charge is 0.355 e. The van der Waals surface area contributed by atoms with E-state index in [1.165, 1.54) is 0 Å². The third-order valence-electron chi connectivity index (χ3n) is 4.50. The Morgan fingerprint density at radius 3 is 2.92 bits per heavy atom. The Morgan fingerprint density at radius 1 is 1.27 bits per heavy atom. The predicted octanol–water partition coefficient (Wildman–Crippen LogP) is 2.86. The van der Waals surface area contributed by atoms with Crippen LogP contribution in [0, 0.1) is 13.8 Å². The van der Waals surface area contributed by atoms with Crippen LogP contribution >= 0.6 is 11.3 Å². The number of nitrogens with zero attached hydrogens (tertiary/aromatic N) is 4. The molecule has 7 heteroatoms. The molecule has 0 atom stereocenters. The lowest BCUT2D eigenvalue weighted by Gasteiger charge is -2.11. The molecule has 0 aliphatic carbocycles. The minimum Gasteiger partial charge on any atom is -0.355 e. The summed E-state index contributed by atoms with van der Waals surface area (Å²) in [5.74, 6) is -0.00869. The van der Waals surface area contributed by atoms with Crippen LogP contribution in [0.25, 0.3) is 16.6 Å². The van der Waals surface area contributed by atoms with Gasteiger partial charge < -0.3 is 5.32 Å². The molecule has 3 heterocycles. The van der Waals surface area contributed by atoms with Crippen molar-refractivity contribution in [3.63, 3.8) is 0 Å². The molecule has 0 aliphatic rings. The molecule has 0 saturated heterocycles. The number of rotatable bonds is 5. The summed E-state index contributed by atoms with van der Waals surface area (Å²) in [6, 6.07) is 7.95. The topological polar surface area (TPSA) is 72.2 Å². The van der Waals surface area contributed by atoms with E-state index in [0.29, 0.717) is 13.0 Å². The number of thiazole rings is 1. The van der Waals surface area contributed by atoms with Gasteiger partial charge in [-0.2, -0.15) is 5.10 Å². The average molecular weight is 365 g/mol. The highest BCUT2D eigenvalue weighted by atomic mass is 32.1. The van der Waals surface area contributed by atoms with E-state index >= 15 is 0 Å². The summed E-state index contributed by atoms with van der Waals surface area (Å²) in [5, 5.41) is 11.6. The van der Waals surface area contributed by atoms with E-state index in [4.69, 9.17) is 4.98 Å². The zero-order valence-corrected chi connectivity index (χ0v) is 15.5. The molecule has 0 saturated carbocycles. The van der Waals surface area contributed by atoms with Gasteiger partial charge in [0.1, 0.15) is 0 Å². The van der Waals surface area contributed by atoms with Crippen molar-refractivity contribution in [2.75, 3.05) is 6.54 Å². The first kappa shape index (κ1) is 16.7. The van der Waals surface area contributed by atoms with Crippen molar-refractivity contribution in [2.24, 2.45) is 0 Å². The number of benzene rings is 1. The van der Waals surface area contributed by atoms with Crippen molar-refractivity contribution in [3.8, 4) is 0 Å². The fourth-order valence-corrected chi connectivity index (χ4v) is 3.76. The maximum absolute atomic E-state index is 12.4. The third-order valence-corrected chi connectivity index (χ3v) is 5.34. The SMILES string of the molecule is Cc1nc2c3ccccc3nn2c(C)c1CC(=O)NCCc1nccs1. The number of amides is 1. The molecular formula is C19H19N5OS. The van der Waals surface area contributed by atoms with Crippen LogP contribution in [0.1, 0.15) is 22.0 Å². The number of carbonyl (C=O) groups is 1. The normalized spacial score (nSPS) is 11.3. The van der Waals surface area contributed by atoms with Crippen molar-refractivity contribution in [1.29, 1.82) is 0 Å². The van der Waals surface area contributed by atoms with Crippen molar-refractivity contribution < 1.29 is 4.79 Å². The van der Waals surface area contributed by atoms with Gasteiger partial charge in [0.2, 0.25) is 5.91 Å². The molecule has 0 fully saturated rings. The van der Waals surface area contributed by atoms with Crippen molar-refractivity contribution in [2.45, 2.75) is 26.7 Å². The van der Waals surface area contributed by atoms with Gasteiger partial charge in [-0.3, -0.25) is 4.79 Å². The molecule has 6 nitrogen and oxygen atoms in total. The molecule has 0 radical (unpaired) electrons. The summed E-state index contributed by atoms with van der Waals surface area (Å²) in [7, 11) is 0. The van der Waals surface area contributed by atoms with Gasteiger partial charge in [-0.1, -0.05) is 12.1 Å². The molecule has 4 aromatic rings. The fraction of sp³-hybridized carbons (Fsp3) is 0.263. The second kappa shape index (κ2) is 6.84. The van der Waals surface area contributed by atoms with Crippen LogP contribution in [0.3, 0.4) is 0 Å². The zero-order chi connectivity index (χ0) is 18.1. The average Bonchev–Trinajstić information content (AvgIpc) is 3.27. The number of fused-ring (bicyclic) bond motifs is 3. The van der Waals surface area contributed by atoms with E-state index in [9.17, 15) is 4.79 Å². The first-order valence-electron chi connectivity index (χ1n) is 8.52. The molecule has 0 bridgehead atoms. The summed E-state index contributed by atoms with van der Waals surface area (Å²) in [6.07, 6.45) is 2.83. The van der Waals surface area contributed by atoms with Gasteiger partial charge in [0, 0.05) is 46.9 Å². The lowest BCUT2D eigenvalue weighted by Crippen LogP contribution is -2.28.